The SMILES string of the molecule is CC(CCCC1CCCCC1)[C@H]1CC[C@H](N=C=S)CC1. The van der Waals surface area contributed by atoms with Crippen molar-refractivity contribution in [1.29, 1.82) is 0 Å². The quantitative estimate of drug-likeness (QED) is 0.430. The zero-order valence-corrected chi connectivity index (χ0v) is 14.0. The van der Waals surface area contributed by atoms with Crippen LogP contribution in [0.2, 0.25) is 0 Å². The minimum absolute atomic E-state index is 0.484. The van der Waals surface area contributed by atoms with Crippen molar-refractivity contribution in [2.24, 2.45) is 22.7 Å². The van der Waals surface area contributed by atoms with Gasteiger partial charge in [0.2, 0.25) is 0 Å². The van der Waals surface area contributed by atoms with Crippen molar-refractivity contribution in [3.63, 3.8) is 0 Å². The third kappa shape index (κ3) is 5.30. The van der Waals surface area contributed by atoms with E-state index in [-0.39, 0.29) is 0 Å². The van der Waals surface area contributed by atoms with Crippen LogP contribution in [-0.2, 0) is 0 Å². The fourth-order valence-corrected chi connectivity index (χ4v) is 4.46. The number of thiocarbonyl (C=S) groups is 1. The largest absolute Gasteiger partial charge is 0.229 e. The standard InChI is InChI=1S/C18H31NS/c1-15(6-5-9-16-7-3-2-4-8-16)17-10-12-18(13-11-17)19-14-20/h15-18H,2-13H2,1H3/t15?,17-,18-. The molecule has 1 atom stereocenters. The molecule has 1 nitrogen and oxygen atoms in total. The summed E-state index contributed by atoms with van der Waals surface area (Å²) in [6, 6.07) is 0.484. The highest BCUT2D eigenvalue weighted by Gasteiger charge is 2.24. The van der Waals surface area contributed by atoms with Crippen molar-refractivity contribution >= 4 is 17.4 Å². The summed E-state index contributed by atoms with van der Waals surface area (Å²) in [7, 11) is 0. The number of rotatable bonds is 6. The van der Waals surface area contributed by atoms with E-state index < -0.39 is 0 Å². The number of hydrogen-bond donors (Lipinski definition) is 0. The average molecular weight is 294 g/mol. The minimum atomic E-state index is 0.484. The van der Waals surface area contributed by atoms with Crippen LogP contribution in [0, 0.1) is 17.8 Å². The van der Waals surface area contributed by atoms with Gasteiger partial charge < -0.3 is 0 Å². The van der Waals surface area contributed by atoms with Crippen molar-refractivity contribution in [1.82, 2.24) is 0 Å². The number of nitrogens with zero attached hydrogens (tertiary/aromatic N) is 1. The Morgan fingerprint density at radius 2 is 1.75 bits per heavy atom. The fourth-order valence-electron chi connectivity index (χ4n) is 4.31. The number of isothiocyanates is 1. The summed E-state index contributed by atoms with van der Waals surface area (Å²) in [6.07, 6.45) is 17.1. The van der Waals surface area contributed by atoms with Crippen LogP contribution in [0.15, 0.2) is 4.99 Å². The summed E-state index contributed by atoms with van der Waals surface area (Å²) in [5.74, 6) is 2.91. The summed E-state index contributed by atoms with van der Waals surface area (Å²) in [5.41, 5.74) is 0. The van der Waals surface area contributed by atoms with Crippen LogP contribution in [0.4, 0.5) is 0 Å². The van der Waals surface area contributed by atoms with Gasteiger partial charge in [0.25, 0.3) is 0 Å². The zero-order chi connectivity index (χ0) is 14.2. The Labute approximate surface area is 130 Å². The van der Waals surface area contributed by atoms with Gasteiger partial charge in [0.15, 0.2) is 0 Å². The molecular formula is C18H31NS. The highest BCUT2D eigenvalue weighted by Crippen LogP contribution is 2.35. The molecule has 0 bridgehead atoms. The summed E-state index contributed by atoms with van der Waals surface area (Å²) in [5, 5.41) is 2.56. The first-order valence-corrected chi connectivity index (χ1v) is 9.27. The van der Waals surface area contributed by atoms with E-state index in [9.17, 15) is 0 Å². The first-order chi connectivity index (χ1) is 9.79. The van der Waals surface area contributed by atoms with E-state index in [2.05, 4.69) is 17.1 Å². The van der Waals surface area contributed by atoms with Gasteiger partial charge in [0.05, 0.1) is 11.2 Å². The molecule has 20 heavy (non-hydrogen) atoms. The van der Waals surface area contributed by atoms with Crippen molar-refractivity contribution in [2.75, 3.05) is 0 Å². The van der Waals surface area contributed by atoms with Crippen molar-refractivity contribution in [3.05, 3.63) is 0 Å². The molecule has 0 saturated heterocycles. The van der Waals surface area contributed by atoms with Crippen LogP contribution >= 0.6 is 12.2 Å². The molecule has 0 aliphatic heterocycles. The lowest BCUT2D eigenvalue weighted by molar-refractivity contribution is 0.226. The molecule has 0 aromatic rings. The van der Waals surface area contributed by atoms with E-state index in [1.165, 1.54) is 77.0 Å². The Morgan fingerprint density at radius 1 is 1.05 bits per heavy atom. The Morgan fingerprint density at radius 3 is 2.40 bits per heavy atom. The predicted octanol–water partition coefficient (Wildman–Crippen LogP) is 6.03. The first kappa shape index (κ1) is 16.2. The van der Waals surface area contributed by atoms with Gasteiger partial charge >= 0.3 is 0 Å². The first-order valence-electron chi connectivity index (χ1n) is 8.86. The molecule has 114 valence electrons. The molecule has 1 unspecified atom stereocenters. The Kier molecular flexibility index (Phi) is 7.24. The van der Waals surface area contributed by atoms with Gasteiger partial charge in [0.1, 0.15) is 0 Å². The molecule has 2 heteroatoms. The van der Waals surface area contributed by atoms with Crippen molar-refractivity contribution < 1.29 is 0 Å². The van der Waals surface area contributed by atoms with Gasteiger partial charge in [-0.05, 0) is 55.7 Å². The van der Waals surface area contributed by atoms with E-state index in [0.717, 1.165) is 17.8 Å². The Balaban J connectivity index is 1.60. The highest BCUT2D eigenvalue weighted by atomic mass is 32.1. The predicted molar refractivity (Wildman–Crippen MR) is 90.4 cm³/mol. The van der Waals surface area contributed by atoms with Gasteiger partial charge in [-0.25, -0.2) is 4.99 Å². The molecule has 0 aromatic heterocycles. The minimum Gasteiger partial charge on any atom is -0.229 e. The fraction of sp³-hybridized carbons (Fsp3) is 0.944. The normalized spacial score (nSPS) is 29.6. The van der Waals surface area contributed by atoms with E-state index in [0.29, 0.717) is 6.04 Å². The summed E-state index contributed by atoms with van der Waals surface area (Å²) in [6.45, 7) is 2.48. The zero-order valence-electron chi connectivity index (χ0n) is 13.2. The van der Waals surface area contributed by atoms with Crippen LogP contribution in [0.25, 0.3) is 0 Å². The molecule has 0 spiro atoms. The van der Waals surface area contributed by atoms with Crippen LogP contribution in [-0.4, -0.2) is 11.2 Å². The second kappa shape index (κ2) is 8.95. The van der Waals surface area contributed by atoms with Crippen molar-refractivity contribution in [2.45, 2.75) is 90.0 Å². The van der Waals surface area contributed by atoms with E-state index >= 15 is 0 Å². The molecule has 0 amide bonds. The van der Waals surface area contributed by atoms with Crippen LogP contribution in [0.5, 0.6) is 0 Å². The Hall–Kier alpha value is -0.200. The number of hydrogen-bond acceptors (Lipinski definition) is 2. The molecule has 0 N–H and O–H groups in total. The maximum Gasteiger partial charge on any atom is 0.0603 e. The summed E-state index contributed by atoms with van der Waals surface area (Å²) >= 11 is 4.72. The molecule has 2 rings (SSSR count). The smallest absolute Gasteiger partial charge is 0.0603 e. The summed E-state index contributed by atoms with van der Waals surface area (Å²) in [4.78, 5) is 4.27. The molecule has 0 radical (unpaired) electrons. The maximum atomic E-state index is 4.72. The molecule has 0 heterocycles. The van der Waals surface area contributed by atoms with Crippen LogP contribution < -0.4 is 0 Å². The lowest BCUT2D eigenvalue weighted by Gasteiger charge is -2.31. The summed E-state index contributed by atoms with van der Waals surface area (Å²) < 4.78 is 0. The maximum absolute atomic E-state index is 4.72. The number of aliphatic imine (C=N–C) groups is 1. The topological polar surface area (TPSA) is 12.4 Å². The molecule has 2 aliphatic carbocycles. The molecule has 2 saturated carbocycles. The van der Waals surface area contributed by atoms with Crippen LogP contribution in [0.3, 0.4) is 0 Å². The second-order valence-corrected chi connectivity index (χ2v) is 7.38. The van der Waals surface area contributed by atoms with Crippen LogP contribution in [0.1, 0.15) is 84.0 Å². The lowest BCUT2D eigenvalue weighted by atomic mass is 9.76. The second-order valence-electron chi connectivity index (χ2n) is 7.20. The van der Waals surface area contributed by atoms with E-state index in [4.69, 9.17) is 12.2 Å². The highest BCUT2D eigenvalue weighted by molar-refractivity contribution is 7.78. The van der Waals surface area contributed by atoms with E-state index in [1.807, 2.05) is 0 Å². The van der Waals surface area contributed by atoms with Gasteiger partial charge in [-0.2, -0.15) is 0 Å². The molecule has 2 fully saturated rings. The van der Waals surface area contributed by atoms with Gasteiger partial charge in [-0.1, -0.05) is 58.3 Å². The van der Waals surface area contributed by atoms with Gasteiger partial charge in [-0.15, -0.1) is 0 Å². The van der Waals surface area contributed by atoms with Gasteiger partial charge in [-0.3, -0.25) is 0 Å². The van der Waals surface area contributed by atoms with Crippen molar-refractivity contribution in [3.8, 4) is 0 Å². The molecule has 2 aliphatic rings. The van der Waals surface area contributed by atoms with Gasteiger partial charge in [0, 0.05) is 0 Å². The molecular weight excluding hydrogens is 262 g/mol. The van der Waals surface area contributed by atoms with E-state index in [1.54, 1.807) is 0 Å². The third-order valence-corrected chi connectivity index (χ3v) is 5.88. The average Bonchev–Trinajstić information content (AvgIpc) is 2.49. The monoisotopic (exact) mass is 293 g/mol. The lowest BCUT2D eigenvalue weighted by Crippen LogP contribution is -2.22. The Bertz CT molecular complexity index is 307. The third-order valence-electron chi connectivity index (χ3n) is 5.78. The molecule has 0 aromatic carbocycles.